The van der Waals surface area contributed by atoms with Crippen LogP contribution in [0.1, 0.15) is 11.1 Å². The molecule has 1 heterocycles. The number of sulfonamides is 1. The summed E-state index contributed by atoms with van der Waals surface area (Å²) in [6, 6.07) is 12.2. The highest BCUT2D eigenvalue weighted by Crippen LogP contribution is 2.28. The third-order valence-electron chi connectivity index (χ3n) is 4.48. The highest BCUT2D eigenvalue weighted by molar-refractivity contribution is 9.10. The number of hydrogen-bond donors (Lipinski definition) is 0. The molecule has 0 amide bonds. The minimum atomic E-state index is -3.74. The fourth-order valence-corrected chi connectivity index (χ4v) is 4.73. The van der Waals surface area contributed by atoms with Crippen molar-refractivity contribution in [3.63, 3.8) is 0 Å². The Morgan fingerprint density at radius 2 is 1.87 bits per heavy atom. The number of nitrogens with zero attached hydrogens (tertiary/aromatic N) is 1. The van der Waals surface area contributed by atoms with Crippen LogP contribution < -0.4 is 4.74 Å². The molecule has 0 saturated carbocycles. The van der Waals surface area contributed by atoms with E-state index in [1.807, 2.05) is 24.3 Å². The van der Waals surface area contributed by atoms with Gasteiger partial charge in [-0.1, -0.05) is 34.1 Å². The standard InChI is InChI=1S/C21H22BrNO6S/c1-27-19-8-4-16(14-20(19)30(25,26)23-10-12-28-13-11-23)5-9-21(24)29-15-17-2-6-18(22)7-3-17/h2-9,14H,10-13,15H2,1H3/b9-5+. The van der Waals surface area contributed by atoms with Gasteiger partial charge in [0, 0.05) is 23.6 Å². The lowest BCUT2D eigenvalue weighted by Gasteiger charge is -2.26. The molecular formula is C21H22BrNO6S. The van der Waals surface area contributed by atoms with E-state index in [0.29, 0.717) is 18.8 Å². The second kappa shape index (κ2) is 10.2. The van der Waals surface area contributed by atoms with Gasteiger partial charge in [-0.05, 0) is 41.5 Å². The van der Waals surface area contributed by atoms with Gasteiger partial charge in [-0.2, -0.15) is 4.31 Å². The molecule has 0 radical (unpaired) electrons. The molecule has 1 saturated heterocycles. The summed E-state index contributed by atoms with van der Waals surface area (Å²) in [5.41, 5.74) is 1.41. The molecule has 30 heavy (non-hydrogen) atoms. The van der Waals surface area contributed by atoms with E-state index in [1.54, 1.807) is 12.1 Å². The zero-order valence-electron chi connectivity index (χ0n) is 16.4. The summed E-state index contributed by atoms with van der Waals surface area (Å²) in [5, 5.41) is 0. The number of morpholine rings is 1. The summed E-state index contributed by atoms with van der Waals surface area (Å²) in [6.45, 7) is 1.42. The zero-order chi connectivity index (χ0) is 21.6. The van der Waals surface area contributed by atoms with Gasteiger partial charge in [-0.3, -0.25) is 0 Å². The lowest BCUT2D eigenvalue weighted by molar-refractivity contribution is -0.138. The average molecular weight is 496 g/mol. The summed E-state index contributed by atoms with van der Waals surface area (Å²) in [4.78, 5) is 12.1. The number of esters is 1. The predicted octanol–water partition coefficient (Wildman–Crippen LogP) is 3.24. The Hall–Kier alpha value is -2.20. The molecule has 3 rings (SSSR count). The third-order valence-corrected chi connectivity index (χ3v) is 6.93. The molecule has 9 heteroatoms. The third kappa shape index (κ3) is 5.69. The molecule has 1 aliphatic heterocycles. The molecule has 0 bridgehead atoms. The Morgan fingerprint density at radius 3 is 2.53 bits per heavy atom. The monoisotopic (exact) mass is 495 g/mol. The highest BCUT2D eigenvalue weighted by Gasteiger charge is 2.29. The molecular weight excluding hydrogens is 474 g/mol. The summed E-state index contributed by atoms with van der Waals surface area (Å²) in [7, 11) is -2.32. The van der Waals surface area contributed by atoms with E-state index in [2.05, 4.69) is 15.9 Å². The molecule has 0 aromatic heterocycles. The van der Waals surface area contributed by atoms with E-state index >= 15 is 0 Å². The summed E-state index contributed by atoms with van der Waals surface area (Å²) >= 11 is 3.35. The topological polar surface area (TPSA) is 82.1 Å². The second-order valence-corrected chi connectivity index (χ2v) is 9.32. The van der Waals surface area contributed by atoms with Gasteiger partial charge in [-0.15, -0.1) is 0 Å². The van der Waals surface area contributed by atoms with Gasteiger partial charge in [-0.25, -0.2) is 13.2 Å². The Morgan fingerprint density at radius 1 is 1.17 bits per heavy atom. The van der Waals surface area contributed by atoms with Crippen LogP contribution in [-0.2, 0) is 30.9 Å². The van der Waals surface area contributed by atoms with Gasteiger partial charge in [0.1, 0.15) is 17.3 Å². The molecule has 0 aliphatic carbocycles. The number of halogens is 1. The zero-order valence-corrected chi connectivity index (χ0v) is 18.8. The quantitative estimate of drug-likeness (QED) is 0.433. The minimum Gasteiger partial charge on any atom is -0.495 e. The van der Waals surface area contributed by atoms with Crippen LogP contribution in [0.25, 0.3) is 6.08 Å². The van der Waals surface area contributed by atoms with Gasteiger partial charge in [0.25, 0.3) is 0 Å². The van der Waals surface area contributed by atoms with E-state index < -0.39 is 16.0 Å². The predicted molar refractivity (Wildman–Crippen MR) is 116 cm³/mol. The molecule has 1 aliphatic rings. The Balaban J connectivity index is 1.72. The summed E-state index contributed by atoms with van der Waals surface area (Å²) in [6.07, 6.45) is 2.79. The van der Waals surface area contributed by atoms with Gasteiger partial charge in [0.15, 0.2) is 0 Å². The fourth-order valence-electron chi connectivity index (χ4n) is 2.87. The van der Waals surface area contributed by atoms with Crippen molar-refractivity contribution in [2.75, 3.05) is 33.4 Å². The molecule has 0 spiro atoms. The Bertz CT molecular complexity index is 1010. The Kier molecular flexibility index (Phi) is 7.65. The lowest BCUT2D eigenvalue weighted by atomic mass is 10.2. The number of hydrogen-bond acceptors (Lipinski definition) is 6. The molecule has 1 fully saturated rings. The van der Waals surface area contributed by atoms with E-state index in [1.165, 1.54) is 29.6 Å². The first-order valence-electron chi connectivity index (χ1n) is 9.25. The van der Waals surface area contributed by atoms with Crippen molar-refractivity contribution >= 4 is 38.0 Å². The van der Waals surface area contributed by atoms with Crippen molar-refractivity contribution in [1.82, 2.24) is 4.31 Å². The van der Waals surface area contributed by atoms with Gasteiger partial charge in [0.05, 0.1) is 20.3 Å². The molecule has 2 aromatic carbocycles. The van der Waals surface area contributed by atoms with Crippen LogP contribution in [0.3, 0.4) is 0 Å². The van der Waals surface area contributed by atoms with Crippen LogP contribution in [-0.4, -0.2) is 52.1 Å². The first-order valence-corrected chi connectivity index (χ1v) is 11.5. The van der Waals surface area contributed by atoms with Crippen LogP contribution in [0.5, 0.6) is 5.75 Å². The first-order chi connectivity index (χ1) is 14.4. The number of rotatable bonds is 7. The molecule has 0 unspecified atom stereocenters. The van der Waals surface area contributed by atoms with Gasteiger partial charge in [0.2, 0.25) is 10.0 Å². The number of carbonyl (C=O) groups is 1. The molecule has 0 N–H and O–H groups in total. The van der Waals surface area contributed by atoms with Gasteiger partial charge < -0.3 is 14.2 Å². The van der Waals surface area contributed by atoms with E-state index in [0.717, 1.165) is 10.0 Å². The maximum Gasteiger partial charge on any atom is 0.331 e. The fraction of sp³-hybridized carbons (Fsp3) is 0.286. The molecule has 7 nitrogen and oxygen atoms in total. The first kappa shape index (κ1) is 22.5. The van der Waals surface area contributed by atoms with Crippen molar-refractivity contribution in [2.24, 2.45) is 0 Å². The van der Waals surface area contributed by atoms with Crippen molar-refractivity contribution in [3.8, 4) is 5.75 Å². The summed E-state index contributed by atoms with van der Waals surface area (Å²) in [5.74, 6) is -0.275. The van der Waals surface area contributed by atoms with E-state index in [9.17, 15) is 13.2 Å². The molecule has 160 valence electrons. The smallest absolute Gasteiger partial charge is 0.331 e. The van der Waals surface area contributed by atoms with Crippen LogP contribution in [0, 0.1) is 0 Å². The number of carbonyl (C=O) groups excluding carboxylic acids is 1. The maximum atomic E-state index is 13.0. The van der Waals surface area contributed by atoms with Crippen molar-refractivity contribution in [3.05, 3.63) is 64.1 Å². The van der Waals surface area contributed by atoms with Crippen LogP contribution in [0.4, 0.5) is 0 Å². The highest BCUT2D eigenvalue weighted by atomic mass is 79.9. The number of ether oxygens (including phenoxy) is 3. The van der Waals surface area contributed by atoms with Crippen LogP contribution in [0.2, 0.25) is 0 Å². The van der Waals surface area contributed by atoms with E-state index in [4.69, 9.17) is 14.2 Å². The lowest BCUT2D eigenvalue weighted by Crippen LogP contribution is -2.40. The number of methoxy groups -OCH3 is 1. The average Bonchev–Trinajstić information content (AvgIpc) is 2.77. The van der Waals surface area contributed by atoms with Crippen molar-refractivity contribution in [2.45, 2.75) is 11.5 Å². The molecule has 2 aromatic rings. The van der Waals surface area contributed by atoms with E-state index in [-0.39, 0.29) is 30.3 Å². The second-order valence-electron chi connectivity index (χ2n) is 6.49. The minimum absolute atomic E-state index is 0.0530. The normalized spacial score (nSPS) is 15.3. The summed E-state index contributed by atoms with van der Waals surface area (Å²) < 4.78 is 44.0. The Labute approximate surface area is 184 Å². The largest absolute Gasteiger partial charge is 0.495 e. The van der Waals surface area contributed by atoms with Crippen molar-refractivity contribution in [1.29, 1.82) is 0 Å². The van der Waals surface area contributed by atoms with Crippen molar-refractivity contribution < 1.29 is 27.4 Å². The maximum absolute atomic E-state index is 13.0. The molecule has 0 atom stereocenters. The number of benzene rings is 2. The van der Waals surface area contributed by atoms with Crippen LogP contribution >= 0.6 is 15.9 Å². The SMILES string of the molecule is COc1ccc(/C=C/C(=O)OCc2ccc(Br)cc2)cc1S(=O)(=O)N1CCOCC1. The van der Waals surface area contributed by atoms with Gasteiger partial charge >= 0.3 is 5.97 Å². The van der Waals surface area contributed by atoms with Crippen LogP contribution in [0.15, 0.2) is 57.9 Å².